The molecule has 9 heteroatoms. The Balaban J connectivity index is 1.65. The number of rotatable bonds is 9. The second-order valence-electron chi connectivity index (χ2n) is 10.4. The van der Waals surface area contributed by atoms with E-state index in [2.05, 4.69) is 17.2 Å². The van der Waals surface area contributed by atoms with Crippen LogP contribution in [0.2, 0.25) is 0 Å². The molecule has 1 unspecified atom stereocenters. The summed E-state index contributed by atoms with van der Waals surface area (Å²) in [7, 11) is 1.44. The summed E-state index contributed by atoms with van der Waals surface area (Å²) in [4.78, 5) is 30.5. The average molecular weight is 553 g/mol. The lowest BCUT2D eigenvalue weighted by atomic mass is 9.93. The maximum atomic E-state index is 13.6. The summed E-state index contributed by atoms with van der Waals surface area (Å²) in [6.45, 7) is 2.06. The maximum absolute atomic E-state index is 13.6. The summed E-state index contributed by atoms with van der Waals surface area (Å²) in [6, 6.07) is 13.7. The number of aromatic nitrogens is 1. The summed E-state index contributed by atoms with van der Waals surface area (Å²) < 4.78 is 59.2. The number of pyridine rings is 1. The molecule has 1 amide bonds. The number of hydrogen-bond donors (Lipinski definition) is 1. The normalized spacial score (nSPS) is 14.3. The minimum Gasteiger partial charge on any atom is -0.437 e. The highest BCUT2D eigenvalue weighted by atomic mass is 19.4. The molecule has 1 saturated carbocycles. The van der Waals surface area contributed by atoms with Crippen molar-refractivity contribution in [3.05, 3.63) is 77.2 Å². The fourth-order valence-electron chi connectivity index (χ4n) is 5.02. The lowest BCUT2D eigenvalue weighted by Gasteiger charge is -2.13. The Morgan fingerprint density at radius 2 is 1.80 bits per heavy atom. The van der Waals surface area contributed by atoms with Gasteiger partial charge < -0.3 is 9.73 Å². The Morgan fingerprint density at radius 3 is 2.45 bits per heavy atom. The Kier molecular flexibility index (Phi) is 7.49. The van der Waals surface area contributed by atoms with Crippen LogP contribution in [-0.2, 0) is 6.42 Å². The molecule has 1 N–H and O–H groups in total. The van der Waals surface area contributed by atoms with E-state index in [0.29, 0.717) is 40.0 Å². The smallest absolute Gasteiger partial charge is 0.389 e. The number of ketones is 1. The van der Waals surface area contributed by atoms with Crippen molar-refractivity contribution in [1.29, 1.82) is 0 Å². The fraction of sp³-hybridized carbons (Fsp3) is 0.323. The van der Waals surface area contributed by atoms with E-state index < -0.39 is 30.7 Å². The minimum absolute atomic E-state index is 0.00987. The predicted molar refractivity (Wildman–Crippen MR) is 143 cm³/mol. The summed E-state index contributed by atoms with van der Waals surface area (Å²) in [5.41, 5.74) is 2.02. The molecule has 1 aliphatic rings. The summed E-state index contributed by atoms with van der Waals surface area (Å²) >= 11 is 0. The van der Waals surface area contributed by atoms with Gasteiger partial charge in [-0.25, -0.2) is 9.37 Å². The van der Waals surface area contributed by atoms with Crippen molar-refractivity contribution in [2.45, 2.75) is 45.2 Å². The zero-order valence-corrected chi connectivity index (χ0v) is 22.1. The van der Waals surface area contributed by atoms with Gasteiger partial charge in [0.2, 0.25) is 5.71 Å². The summed E-state index contributed by atoms with van der Waals surface area (Å²) in [6.07, 6.45) is -3.30. The van der Waals surface area contributed by atoms with Crippen molar-refractivity contribution in [1.82, 2.24) is 10.3 Å². The van der Waals surface area contributed by atoms with Crippen molar-refractivity contribution >= 4 is 22.8 Å². The molecule has 2 aromatic heterocycles. The molecule has 2 aromatic carbocycles. The van der Waals surface area contributed by atoms with Gasteiger partial charge in [-0.3, -0.25) is 9.59 Å². The Bertz CT molecular complexity index is 1570. The zero-order chi connectivity index (χ0) is 28.6. The topological polar surface area (TPSA) is 72.2 Å². The molecule has 2 heterocycles. The van der Waals surface area contributed by atoms with E-state index in [-0.39, 0.29) is 34.4 Å². The van der Waals surface area contributed by atoms with E-state index in [4.69, 9.17) is 4.42 Å². The molecule has 1 fully saturated rings. The summed E-state index contributed by atoms with van der Waals surface area (Å²) in [5.74, 6) is -0.0439. The zero-order valence-electron chi connectivity index (χ0n) is 22.1. The molecular weight excluding hydrogens is 524 g/mol. The number of alkyl halides is 3. The van der Waals surface area contributed by atoms with Gasteiger partial charge in [-0.1, -0.05) is 25.1 Å². The molecule has 5 nitrogen and oxygen atoms in total. The first-order valence-electron chi connectivity index (χ1n) is 13.2. The second-order valence-corrected chi connectivity index (χ2v) is 10.4. The van der Waals surface area contributed by atoms with E-state index in [1.165, 1.54) is 31.3 Å². The second kappa shape index (κ2) is 10.9. The van der Waals surface area contributed by atoms with E-state index in [1.54, 1.807) is 30.3 Å². The van der Waals surface area contributed by atoms with Crippen LogP contribution >= 0.6 is 0 Å². The first-order valence-corrected chi connectivity index (χ1v) is 13.2. The predicted octanol–water partition coefficient (Wildman–Crippen LogP) is 7.77. The molecule has 0 radical (unpaired) electrons. The molecular formula is C31H28F4N2O3. The largest absolute Gasteiger partial charge is 0.437 e. The molecule has 0 aliphatic heterocycles. The highest BCUT2D eigenvalue weighted by molar-refractivity contribution is 6.11. The molecule has 1 atom stereocenters. The molecule has 208 valence electrons. The van der Waals surface area contributed by atoms with Gasteiger partial charge in [0.1, 0.15) is 11.6 Å². The van der Waals surface area contributed by atoms with E-state index in [9.17, 15) is 27.2 Å². The van der Waals surface area contributed by atoms with Crippen molar-refractivity contribution in [2.24, 2.45) is 11.8 Å². The van der Waals surface area contributed by atoms with Crippen LogP contribution in [-0.4, -0.2) is 29.9 Å². The van der Waals surface area contributed by atoms with Gasteiger partial charge in [0.05, 0.1) is 16.6 Å². The van der Waals surface area contributed by atoms with Crippen LogP contribution in [0.5, 0.6) is 0 Å². The number of furan rings is 1. The maximum Gasteiger partial charge on any atom is 0.389 e. The molecule has 40 heavy (non-hydrogen) atoms. The third kappa shape index (κ3) is 5.93. The third-order valence-corrected chi connectivity index (χ3v) is 7.40. The van der Waals surface area contributed by atoms with Crippen LogP contribution in [0.4, 0.5) is 17.6 Å². The number of hydrogen-bond acceptors (Lipinski definition) is 4. The van der Waals surface area contributed by atoms with Crippen LogP contribution in [0.15, 0.2) is 59.0 Å². The Labute approximate surface area is 228 Å². The number of carbonyl (C=O) groups is 2. The van der Waals surface area contributed by atoms with Crippen LogP contribution in [0.1, 0.15) is 59.0 Å². The highest BCUT2D eigenvalue weighted by Crippen LogP contribution is 2.40. The number of fused-ring (bicyclic) bond motifs is 1. The lowest BCUT2D eigenvalue weighted by molar-refractivity contribution is -0.134. The Hall–Kier alpha value is -4.01. The third-order valence-electron chi connectivity index (χ3n) is 7.40. The standard InChI is InChI=1S/C31H28F4N2O3/c1-17(18-6-7-18)14-26(38)21-5-3-4-20(15-21)23-16-24-27(29(39)36-2)28(19-8-10-22(32)11-9-19)40-30(24)37-25(23)12-13-31(33,34)35/h3-5,8-11,15-18H,6-7,12-14H2,1-2H3,(H,36,39). The Morgan fingerprint density at radius 1 is 1.07 bits per heavy atom. The van der Waals surface area contributed by atoms with E-state index in [1.807, 2.05) is 0 Å². The average Bonchev–Trinajstić information content (AvgIpc) is 3.72. The van der Waals surface area contributed by atoms with Gasteiger partial charge in [0.25, 0.3) is 5.91 Å². The molecule has 4 aromatic rings. The highest BCUT2D eigenvalue weighted by Gasteiger charge is 2.31. The number of benzene rings is 2. The number of amides is 1. The molecule has 5 rings (SSSR count). The molecule has 0 bridgehead atoms. The molecule has 0 saturated heterocycles. The van der Waals surface area contributed by atoms with Crippen molar-refractivity contribution in [3.8, 4) is 22.5 Å². The van der Waals surface area contributed by atoms with E-state index >= 15 is 0 Å². The number of carbonyl (C=O) groups excluding carboxylic acids is 2. The number of halogens is 4. The van der Waals surface area contributed by atoms with Crippen molar-refractivity contribution in [2.75, 3.05) is 7.05 Å². The fourth-order valence-corrected chi connectivity index (χ4v) is 5.02. The van der Waals surface area contributed by atoms with Crippen LogP contribution in [0.3, 0.4) is 0 Å². The molecule has 0 spiro atoms. The number of Topliss-reactive ketones (excluding diaryl/α,β-unsaturated/α-hetero) is 1. The van der Waals surface area contributed by atoms with Gasteiger partial charge in [0.15, 0.2) is 5.78 Å². The monoisotopic (exact) mass is 552 g/mol. The first-order chi connectivity index (χ1) is 19.0. The summed E-state index contributed by atoms with van der Waals surface area (Å²) in [5, 5.41) is 2.86. The van der Waals surface area contributed by atoms with Gasteiger partial charge in [-0.05, 0) is 73.1 Å². The van der Waals surface area contributed by atoms with Gasteiger partial charge in [-0.2, -0.15) is 13.2 Å². The number of nitrogens with one attached hydrogen (secondary N) is 1. The van der Waals surface area contributed by atoms with Crippen LogP contribution in [0.25, 0.3) is 33.6 Å². The van der Waals surface area contributed by atoms with Gasteiger partial charge in [-0.15, -0.1) is 0 Å². The lowest BCUT2D eigenvalue weighted by Crippen LogP contribution is -2.18. The van der Waals surface area contributed by atoms with Gasteiger partial charge in [0, 0.05) is 36.6 Å². The van der Waals surface area contributed by atoms with Crippen LogP contribution in [0, 0.1) is 17.7 Å². The van der Waals surface area contributed by atoms with E-state index in [0.717, 1.165) is 12.8 Å². The minimum atomic E-state index is -4.42. The molecule has 1 aliphatic carbocycles. The van der Waals surface area contributed by atoms with Crippen LogP contribution < -0.4 is 5.32 Å². The first kappa shape index (κ1) is 27.6. The number of aryl methyl sites for hydroxylation is 1. The van der Waals surface area contributed by atoms with Gasteiger partial charge >= 0.3 is 6.18 Å². The van der Waals surface area contributed by atoms with Crippen molar-refractivity contribution in [3.63, 3.8) is 0 Å². The SMILES string of the molecule is CNC(=O)c1c(-c2ccc(F)cc2)oc2nc(CCC(F)(F)F)c(-c3cccc(C(=O)CC(C)C4CC4)c3)cc12. The number of nitrogens with zero attached hydrogens (tertiary/aromatic N) is 1. The van der Waals surface area contributed by atoms with Crippen molar-refractivity contribution < 1.29 is 31.6 Å². The quantitative estimate of drug-likeness (QED) is 0.170.